The third-order valence-electron chi connectivity index (χ3n) is 4.80. The smallest absolute Gasteiger partial charge is 0.277 e. The number of hydrogen-bond donors (Lipinski definition) is 1. The van der Waals surface area contributed by atoms with Gasteiger partial charge in [-0.25, -0.2) is 8.42 Å². The predicted molar refractivity (Wildman–Crippen MR) is 124 cm³/mol. The molecule has 9 nitrogen and oxygen atoms in total. The van der Waals surface area contributed by atoms with Crippen molar-refractivity contribution in [1.29, 1.82) is 0 Å². The number of hydrogen-bond acceptors (Lipinski definition) is 8. The summed E-state index contributed by atoms with van der Waals surface area (Å²) >= 11 is 7.12. The van der Waals surface area contributed by atoms with Crippen molar-refractivity contribution in [3.05, 3.63) is 59.4 Å². The lowest BCUT2D eigenvalue weighted by molar-refractivity contribution is -0.113. The molecule has 1 aliphatic rings. The molecule has 0 radical (unpaired) electrons. The van der Waals surface area contributed by atoms with Crippen LogP contribution in [-0.4, -0.2) is 47.7 Å². The lowest BCUT2D eigenvalue weighted by Crippen LogP contribution is -2.27. The topological polar surface area (TPSA) is 115 Å². The molecule has 0 bridgehead atoms. The molecule has 0 aliphatic carbocycles. The summed E-state index contributed by atoms with van der Waals surface area (Å²) in [6.45, 7) is 1.14. The van der Waals surface area contributed by atoms with E-state index in [-0.39, 0.29) is 34.3 Å². The van der Waals surface area contributed by atoms with Crippen LogP contribution in [0, 0.1) is 0 Å². The van der Waals surface area contributed by atoms with Gasteiger partial charge in [0.1, 0.15) is 5.75 Å². The van der Waals surface area contributed by atoms with Crippen LogP contribution < -0.4 is 10.1 Å². The highest BCUT2D eigenvalue weighted by Gasteiger charge is 2.26. The maximum atomic E-state index is 12.6. The molecule has 4 rings (SSSR count). The van der Waals surface area contributed by atoms with Crippen LogP contribution in [0.4, 0.5) is 5.69 Å². The van der Waals surface area contributed by atoms with Crippen LogP contribution in [0.25, 0.3) is 0 Å². The van der Waals surface area contributed by atoms with Crippen LogP contribution in [0.15, 0.2) is 63.1 Å². The highest BCUT2D eigenvalue weighted by atomic mass is 35.5. The first-order valence-corrected chi connectivity index (χ1v) is 12.9. The normalized spacial score (nSPS) is 14.3. The van der Waals surface area contributed by atoms with Crippen LogP contribution in [0.5, 0.6) is 5.75 Å². The first-order chi connectivity index (χ1) is 15.9. The van der Waals surface area contributed by atoms with E-state index in [4.69, 9.17) is 20.8 Å². The van der Waals surface area contributed by atoms with Crippen molar-refractivity contribution in [3.63, 3.8) is 0 Å². The van der Waals surface area contributed by atoms with E-state index >= 15 is 0 Å². The third kappa shape index (κ3) is 6.05. The fourth-order valence-corrected chi connectivity index (χ4v) is 5.46. The number of aromatic nitrogens is 2. The van der Waals surface area contributed by atoms with E-state index < -0.39 is 10.0 Å². The minimum absolute atomic E-state index is 0.0425. The van der Waals surface area contributed by atoms with Gasteiger partial charge < -0.3 is 14.5 Å². The lowest BCUT2D eigenvalue weighted by atomic mass is 10.3. The first-order valence-electron chi connectivity index (χ1n) is 10.1. The molecule has 12 heteroatoms. The van der Waals surface area contributed by atoms with Gasteiger partial charge in [0, 0.05) is 18.8 Å². The molecule has 2 aromatic carbocycles. The number of sulfonamides is 1. The molecule has 3 aromatic rings. The quantitative estimate of drug-likeness (QED) is 0.434. The Morgan fingerprint density at radius 1 is 1.12 bits per heavy atom. The largest absolute Gasteiger partial charge is 0.482 e. The van der Waals surface area contributed by atoms with Gasteiger partial charge in [-0.3, -0.25) is 4.79 Å². The molecule has 1 N–H and O–H groups in total. The number of para-hydroxylation sites is 1. The predicted octanol–water partition coefficient (Wildman–Crippen LogP) is 3.82. The molecule has 1 saturated heterocycles. The second kappa shape index (κ2) is 10.6. The molecule has 33 heavy (non-hydrogen) atoms. The SMILES string of the molecule is O=C(CSc1nnc(COc2ccccc2Cl)o1)Nc1ccc(S(=O)(=O)N2CCCC2)cc1. The summed E-state index contributed by atoms with van der Waals surface area (Å²) in [6, 6.07) is 13.2. The summed E-state index contributed by atoms with van der Waals surface area (Å²) in [5.41, 5.74) is 0.500. The summed E-state index contributed by atoms with van der Waals surface area (Å²) in [5.74, 6) is 0.515. The third-order valence-corrected chi connectivity index (χ3v) is 7.85. The summed E-state index contributed by atoms with van der Waals surface area (Å²) in [5, 5.41) is 11.2. The van der Waals surface area contributed by atoms with Gasteiger partial charge in [-0.1, -0.05) is 35.5 Å². The highest BCUT2D eigenvalue weighted by molar-refractivity contribution is 7.99. The summed E-state index contributed by atoms with van der Waals surface area (Å²) in [7, 11) is -3.48. The number of carbonyl (C=O) groups excluding carboxylic acids is 1. The van der Waals surface area contributed by atoms with Crippen LogP contribution in [0.1, 0.15) is 18.7 Å². The minimum Gasteiger partial charge on any atom is -0.482 e. The fraction of sp³-hybridized carbons (Fsp3) is 0.286. The van der Waals surface area contributed by atoms with E-state index in [1.165, 1.54) is 16.4 Å². The summed E-state index contributed by atoms with van der Waals surface area (Å²) in [6.07, 6.45) is 1.75. The van der Waals surface area contributed by atoms with Gasteiger partial charge in [0.25, 0.3) is 11.1 Å². The number of amides is 1. The molecule has 0 atom stereocenters. The number of anilines is 1. The number of rotatable bonds is 9. The van der Waals surface area contributed by atoms with Crippen molar-refractivity contribution in [1.82, 2.24) is 14.5 Å². The molecule has 2 heterocycles. The summed E-state index contributed by atoms with van der Waals surface area (Å²) < 4.78 is 37.6. The van der Waals surface area contributed by atoms with Crippen molar-refractivity contribution in [3.8, 4) is 5.75 Å². The molecule has 1 amide bonds. The molecule has 0 spiro atoms. The zero-order valence-electron chi connectivity index (χ0n) is 17.4. The van der Waals surface area contributed by atoms with Gasteiger partial charge in [-0.05, 0) is 49.2 Å². The van der Waals surface area contributed by atoms with E-state index in [1.807, 2.05) is 0 Å². The number of halogens is 1. The molecule has 174 valence electrons. The second-order valence-electron chi connectivity index (χ2n) is 7.15. The van der Waals surface area contributed by atoms with E-state index in [1.54, 1.807) is 36.4 Å². The number of benzene rings is 2. The number of ether oxygens (including phenoxy) is 1. The van der Waals surface area contributed by atoms with Crippen LogP contribution in [-0.2, 0) is 21.4 Å². The Kier molecular flexibility index (Phi) is 7.53. The molecule has 0 saturated carbocycles. The Bertz CT molecular complexity index is 1210. The Morgan fingerprint density at radius 2 is 1.85 bits per heavy atom. The first kappa shape index (κ1) is 23.6. The molecule has 1 fully saturated rings. The average molecular weight is 509 g/mol. The Morgan fingerprint density at radius 3 is 2.58 bits per heavy atom. The summed E-state index contributed by atoms with van der Waals surface area (Å²) in [4.78, 5) is 12.5. The van der Waals surface area contributed by atoms with Gasteiger partial charge >= 0.3 is 0 Å². The zero-order valence-corrected chi connectivity index (χ0v) is 19.8. The van der Waals surface area contributed by atoms with Crippen LogP contribution >= 0.6 is 23.4 Å². The maximum Gasteiger partial charge on any atom is 0.277 e. The van der Waals surface area contributed by atoms with Crippen LogP contribution in [0.3, 0.4) is 0 Å². The Balaban J connectivity index is 1.25. The number of thioether (sulfide) groups is 1. The Hall–Kier alpha value is -2.60. The minimum atomic E-state index is -3.48. The van der Waals surface area contributed by atoms with Gasteiger partial charge in [0.05, 0.1) is 15.7 Å². The standard InChI is InChI=1S/C21H21ClN4O5S2/c22-17-5-1-2-6-18(17)30-13-20-24-25-21(31-20)32-14-19(27)23-15-7-9-16(10-8-15)33(28,29)26-11-3-4-12-26/h1-2,5-10H,3-4,11-14H2,(H,23,27). The van der Waals surface area contributed by atoms with Crippen molar-refractivity contribution in [2.24, 2.45) is 0 Å². The van der Waals surface area contributed by atoms with Crippen LogP contribution in [0.2, 0.25) is 5.02 Å². The van der Waals surface area contributed by atoms with E-state index in [0.717, 1.165) is 24.6 Å². The van der Waals surface area contributed by atoms with E-state index in [9.17, 15) is 13.2 Å². The van der Waals surface area contributed by atoms with Gasteiger partial charge in [-0.15, -0.1) is 10.2 Å². The lowest BCUT2D eigenvalue weighted by Gasteiger charge is -2.15. The number of nitrogens with zero attached hydrogens (tertiary/aromatic N) is 3. The number of carbonyl (C=O) groups is 1. The van der Waals surface area contributed by atoms with E-state index in [0.29, 0.717) is 29.5 Å². The van der Waals surface area contributed by atoms with Crippen molar-refractivity contribution >= 4 is 45.0 Å². The second-order valence-corrected chi connectivity index (χ2v) is 10.4. The fourth-order valence-electron chi connectivity index (χ4n) is 3.17. The molecule has 1 aliphatic heterocycles. The molecule has 1 aromatic heterocycles. The van der Waals surface area contributed by atoms with Gasteiger partial charge in [-0.2, -0.15) is 4.31 Å². The monoisotopic (exact) mass is 508 g/mol. The van der Waals surface area contributed by atoms with Gasteiger partial charge in [0.15, 0.2) is 6.61 Å². The zero-order chi connectivity index (χ0) is 23.3. The number of nitrogens with one attached hydrogen (secondary N) is 1. The highest BCUT2D eigenvalue weighted by Crippen LogP contribution is 2.25. The average Bonchev–Trinajstić information content (AvgIpc) is 3.50. The van der Waals surface area contributed by atoms with Gasteiger partial charge in [0.2, 0.25) is 15.9 Å². The maximum absolute atomic E-state index is 12.6. The molecular formula is C21H21ClN4O5S2. The van der Waals surface area contributed by atoms with E-state index in [2.05, 4.69) is 15.5 Å². The Labute approximate surface area is 200 Å². The van der Waals surface area contributed by atoms with Crippen molar-refractivity contribution in [2.45, 2.75) is 29.6 Å². The molecule has 0 unspecified atom stereocenters. The molecular weight excluding hydrogens is 488 g/mol. The van der Waals surface area contributed by atoms with Crippen molar-refractivity contribution < 1.29 is 22.4 Å². The van der Waals surface area contributed by atoms with Crippen molar-refractivity contribution in [2.75, 3.05) is 24.2 Å².